The number of aryl methyl sites for hydroxylation is 1. The number of nitrogens with zero attached hydrogens (tertiary/aromatic N) is 3. The Morgan fingerprint density at radius 3 is 2.68 bits per heavy atom. The Morgan fingerprint density at radius 2 is 2.04 bits per heavy atom. The van der Waals surface area contributed by atoms with Crippen LogP contribution < -0.4 is 5.32 Å². The molecule has 9 heteroatoms. The van der Waals surface area contributed by atoms with Gasteiger partial charge >= 0.3 is 0 Å². The van der Waals surface area contributed by atoms with Gasteiger partial charge in [0.25, 0.3) is 5.89 Å². The van der Waals surface area contributed by atoms with Gasteiger partial charge in [-0.25, -0.2) is 8.42 Å². The van der Waals surface area contributed by atoms with Gasteiger partial charge in [0.2, 0.25) is 21.6 Å². The number of nitriles is 1. The molecule has 0 spiro atoms. The van der Waals surface area contributed by atoms with E-state index < -0.39 is 10.0 Å². The minimum atomic E-state index is -3.58. The van der Waals surface area contributed by atoms with Crippen molar-refractivity contribution in [1.82, 2.24) is 9.29 Å². The van der Waals surface area contributed by atoms with E-state index >= 15 is 0 Å². The van der Waals surface area contributed by atoms with Gasteiger partial charge in [-0.15, -0.1) is 0 Å². The number of rotatable bonds is 5. The quantitative estimate of drug-likeness (QED) is 0.869. The van der Waals surface area contributed by atoms with E-state index in [1.165, 1.54) is 10.4 Å². The zero-order chi connectivity index (χ0) is 17.6. The van der Waals surface area contributed by atoms with Crippen LogP contribution in [0.1, 0.15) is 37.1 Å². The molecule has 4 rings (SSSR count). The summed E-state index contributed by atoms with van der Waals surface area (Å²) in [5.74, 6) is 0.898. The first kappa shape index (κ1) is 16.2. The van der Waals surface area contributed by atoms with Crippen LogP contribution in [-0.2, 0) is 10.0 Å². The molecule has 132 valence electrons. The van der Waals surface area contributed by atoms with Gasteiger partial charge in [-0.3, -0.25) is 0 Å². The smallest absolute Gasteiger partial charge is 0.266 e. The number of aromatic nitrogens is 1. The summed E-state index contributed by atoms with van der Waals surface area (Å²) in [6, 6.07) is 3.71. The minimum Gasteiger partial charge on any atom is -0.455 e. The van der Waals surface area contributed by atoms with Crippen molar-refractivity contribution >= 4 is 15.9 Å². The third kappa shape index (κ3) is 2.92. The average molecular weight is 362 g/mol. The fraction of sp³-hybridized carbons (Fsp3) is 0.500. The van der Waals surface area contributed by atoms with Crippen molar-refractivity contribution in [2.75, 3.05) is 18.4 Å². The van der Waals surface area contributed by atoms with Crippen molar-refractivity contribution in [2.45, 2.75) is 43.5 Å². The Labute approximate surface area is 145 Å². The van der Waals surface area contributed by atoms with Gasteiger partial charge in [-0.05, 0) is 32.6 Å². The van der Waals surface area contributed by atoms with E-state index in [2.05, 4.69) is 10.3 Å². The summed E-state index contributed by atoms with van der Waals surface area (Å²) in [6.45, 7) is 2.65. The average Bonchev–Trinajstić information content (AvgIpc) is 3.00. The summed E-state index contributed by atoms with van der Waals surface area (Å²) in [5.41, 5.74) is 0.139. The van der Waals surface area contributed by atoms with Crippen molar-refractivity contribution in [1.29, 1.82) is 5.26 Å². The Kier molecular flexibility index (Phi) is 3.81. The van der Waals surface area contributed by atoms with Crippen molar-refractivity contribution < 1.29 is 17.3 Å². The Balaban J connectivity index is 1.68. The minimum absolute atomic E-state index is 0.102. The summed E-state index contributed by atoms with van der Waals surface area (Å²) in [7, 11) is -3.58. The van der Waals surface area contributed by atoms with Crippen LogP contribution >= 0.6 is 0 Å². The van der Waals surface area contributed by atoms with Gasteiger partial charge in [0.15, 0.2) is 5.76 Å². The molecule has 3 heterocycles. The van der Waals surface area contributed by atoms with Crippen LogP contribution in [0.4, 0.5) is 5.88 Å². The maximum atomic E-state index is 12.7. The van der Waals surface area contributed by atoms with Gasteiger partial charge in [0, 0.05) is 25.2 Å². The molecule has 8 nitrogen and oxygen atoms in total. The molecule has 1 saturated carbocycles. The lowest BCUT2D eigenvalue weighted by Gasteiger charge is -2.14. The molecule has 0 aromatic carbocycles. The molecule has 1 aliphatic heterocycles. The fourth-order valence-corrected chi connectivity index (χ4v) is 4.58. The Bertz CT molecular complexity index is 943. The first-order valence-corrected chi connectivity index (χ1v) is 9.71. The molecule has 1 saturated heterocycles. The lowest BCUT2D eigenvalue weighted by Crippen LogP contribution is -2.27. The SMILES string of the molecule is Cc1oc(-c2nc(C#N)c(NC3CC3)o2)cc1S(=O)(=O)N1CCCC1. The first-order chi connectivity index (χ1) is 12.0. The molecule has 2 aromatic heterocycles. The van der Waals surface area contributed by atoms with Crippen molar-refractivity contribution in [2.24, 2.45) is 0 Å². The number of sulfonamides is 1. The predicted molar refractivity (Wildman–Crippen MR) is 88.3 cm³/mol. The second-order valence-electron chi connectivity index (χ2n) is 6.37. The fourth-order valence-electron chi connectivity index (χ4n) is 2.91. The highest BCUT2D eigenvalue weighted by atomic mass is 32.2. The van der Waals surface area contributed by atoms with Crippen LogP contribution in [0.25, 0.3) is 11.7 Å². The van der Waals surface area contributed by atoms with Crippen LogP contribution in [0.2, 0.25) is 0 Å². The molecular weight excluding hydrogens is 344 g/mol. The van der Waals surface area contributed by atoms with Crippen LogP contribution in [-0.4, -0.2) is 36.8 Å². The Morgan fingerprint density at radius 1 is 1.32 bits per heavy atom. The molecule has 25 heavy (non-hydrogen) atoms. The molecule has 1 N–H and O–H groups in total. The number of oxazole rings is 1. The zero-order valence-corrected chi connectivity index (χ0v) is 14.6. The van der Waals surface area contributed by atoms with E-state index in [0.717, 1.165) is 25.7 Å². The van der Waals surface area contributed by atoms with Crippen molar-refractivity contribution in [3.05, 3.63) is 17.5 Å². The maximum absolute atomic E-state index is 12.7. The topological polar surface area (TPSA) is 112 Å². The summed E-state index contributed by atoms with van der Waals surface area (Å²) in [6.07, 6.45) is 3.78. The third-order valence-corrected chi connectivity index (χ3v) is 6.42. The monoisotopic (exact) mass is 362 g/mol. The number of furan rings is 1. The van der Waals surface area contributed by atoms with Crippen LogP contribution in [0.3, 0.4) is 0 Å². The molecule has 2 aromatic rings. The van der Waals surface area contributed by atoms with E-state index in [4.69, 9.17) is 8.83 Å². The molecule has 1 aliphatic carbocycles. The second kappa shape index (κ2) is 5.89. The van der Waals surface area contributed by atoms with Gasteiger partial charge < -0.3 is 14.2 Å². The highest BCUT2D eigenvalue weighted by Crippen LogP contribution is 2.34. The highest BCUT2D eigenvalue weighted by Gasteiger charge is 2.32. The number of anilines is 1. The molecule has 0 unspecified atom stereocenters. The standard InChI is InChI=1S/C16H18N4O4S/c1-10-14(25(21,22)20-6-2-3-7-20)8-13(23-10)16-19-12(9-17)15(24-16)18-11-4-5-11/h8,11,18H,2-7H2,1H3. The summed E-state index contributed by atoms with van der Waals surface area (Å²) in [4.78, 5) is 4.24. The van der Waals surface area contributed by atoms with Crippen LogP contribution in [0.5, 0.6) is 0 Å². The number of hydrogen-bond acceptors (Lipinski definition) is 7. The van der Waals surface area contributed by atoms with Gasteiger partial charge in [-0.2, -0.15) is 14.6 Å². The molecule has 0 radical (unpaired) electrons. The predicted octanol–water partition coefficient (Wildman–Crippen LogP) is 2.47. The molecule has 0 atom stereocenters. The maximum Gasteiger partial charge on any atom is 0.266 e. The third-order valence-electron chi connectivity index (χ3n) is 4.41. The van der Waals surface area contributed by atoms with Crippen molar-refractivity contribution in [3.8, 4) is 17.7 Å². The van der Waals surface area contributed by atoms with E-state index in [1.807, 2.05) is 6.07 Å². The molecule has 2 aliphatic rings. The van der Waals surface area contributed by atoms with E-state index in [1.54, 1.807) is 6.92 Å². The first-order valence-electron chi connectivity index (χ1n) is 8.27. The van der Waals surface area contributed by atoms with Gasteiger partial charge in [0.1, 0.15) is 16.7 Å². The molecule has 2 fully saturated rings. The summed E-state index contributed by atoms with van der Waals surface area (Å²) in [5, 5.41) is 12.3. The summed E-state index contributed by atoms with van der Waals surface area (Å²) < 4.78 is 38.1. The second-order valence-corrected chi connectivity index (χ2v) is 8.28. The Hall–Kier alpha value is -2.31. The van der Waals surface area contributed by atoms with E-state index in [-0.39, 0.29) is 28.0 Å². The van der Waals surface area contributed by atoms with Gasteiger partial charge in [0.05, 0.1) is 0 Å². The lowest BCUT2D eigenvalue weighted by molar-refractivity contribution is 0.469. The van der Waals surface area contributed by atoms with E-state index in [9.17, 15) is 13.7 Å². The zero-order valence-electron chi connectivity index (χ0n) is 13.8. The highest BCUT2D eigenvalue weighted by molar-refractivity contribution is 7.89. The number of nitrogens with one attached hydrogen (secondary N) is 1. The van der Waals surface area contributed by atoms with Gasteiger partial charge in [-0.1, -0.05) is 0 Å². The normalized spacial score (nSPS) is 18.4. The number of hydrogen-bond donors (Lipinski definition) is 1. The van der Waals surface area contributed by atoms with E-state index in [0.29, 0.717) is 25.0 Å². The van der Waals surface area contributed by atoms with Crippen LogP contribution in [0.15, 0.2) is 19.8 Å². The molecular formula is C16H18N4O4S. The lowest BCUT2D eigenvalue weighted by atomic mass is 10.4. The molecule has 0 bridgehead atoms. The van der Waals surface area contributed by atoms with Crippen molar-refractivity contribution in [3.63, 3.8) is 0 Å². The molecule has 0 amide bonds. The largest absolute Gasteiger partial charge is 0.455 e. The van der Waals surface area contributed by atoms with Crippen LogP contribution in [0, 0.1) is 18.3 Å². The summed E-state index contributed by atoms with van der Waals surface area (Å²) >= 11 is 0.